The predicted octanol–water partition coefficient (Wildman–Crippen LogP) is 4.48. The number of hydrogen-bond acceptors (Lipinski definition) is 8. The molecular weight excluding hydrogens is 464 g/mol. The van der Waals surface area contributed by atoms with E-state index in [2.05, 4.69) is 0 Å². The first kappa shape index (κ1) is 22.2. The van der Waals surface area contributed by atoms with Crippen LogP contribution in [0.1, 0.15) is 22.6 Å². The van der Waals surface area contributed by atoms with Gasteiger partial charge in [-0.1, -0.05) is 6.08 Å². The quantitative estimate of drug-likeness (QED) is 0.633. The molecule has 0 saturated carbocycles. The van der Waals surface area contributed by atoms with Gasteiger partial charge in [-0.3, -0.25) is 4.79 Å². The Balaban J connectivity index is 1.75. The zero-order chi connectivity index (χ0) is 23.1. The van der Waals surface area contributed by atoms with E-state index in [1.807, 2.05) is 30.3 Å². The summed E-state index contributed by atoms with van der Waals surface area (Å²) >= 11 is 3.59. The van der Waals surface area contributed by atoms with Crippen molar-refractivity contribution in [3.05, 3.63) is 46.5 Å². The number of carboxylic acids is 1. The highest BCUT2D eigenvalue weighted by Crippen LogP contribution is 2.53. The first-order chi connectivity index (χ1) is 16.0. The highest BCUT2D eigenvalue weighted by molar-refractivity contribution is 8.20. The van der Waals surface area contributed by atoms with E-state index in [1.165, 1.54) is 0 Å². The molecule has 7 nitrogen and oxygen atoms in total. The topological polar surface area (TPSA) is 83.5 Å². The van der Waals surface area contributed by atoms with Gasteiger partial charge in [-0.25, -0.2) is 0 Å². The highest BCUT2D eigenvalue weighted by Gasteiger charge is 2.43. The third-order valence-corrected chi connectivity index (χ3v) is 9.24. The number of fused-ring (bicyclic) bond motifs is 2. The summed E-state index contributed by atoms with van der Waals surface area (Å²) < 4.78 is 28.0. The van der Waals surface area contributed by atoms with Gasteiger partial charge in [-0.2, -0.15) is 0 Å². The average Bonchev–Trinajstić information content (AvgIpc) is 3.52. The van der Waals surface area contributed by atoms with Crippen LogP contribution in [0.25, 0.3) is 6.08 Å². The Labute approximate surface area is 200 Å². The second-order valence-electron chi connectivity index (χ2n) is 7.80. The molecule has 1 aliphatic carbocycles. The first-order valence-corrected chi connectivity index (χ1v) is 12.6. The summed E-state index contributed by atoms with van der Waals surface area (Å²) in [5.41, 5.74) is 3.49. The number of methoxy groups -OCH3 is 3. The van der Waals surface area contributed by atoms with Crippen molar-refractivity contribution in [1.82, 2.24) is 0 Å². The summed E-state index contributed by atoms with van der Waals surface area (Å²) in [4.78, 5) is 12.8. The maximum absolute atomic E-state index is 12.8. The van der Waals surface area contributed by atoms with Crippen LogP contribution in [-0.4, -0.2) is 55.3 Å². The zero-order valence-corrected chi connectivity index (χ0v) is 20.1. The lowest BCUT2D eigenvalue weighted by Gasteiger charge is -2.34. The highest BCUT2D eigenvalue weighted by atomic mass is 32.2. The third-order valence-electron chi connectivity index (χ3n) is 6.13. The Kier molecular flexibility index (Phi) is 6.01. The van der Waals surface area contributed by atoms with Crippen LogP contribution >= 0.6 is 23.5 Å². The minimum Gasteiger partial charge on any atom is -0.493 e. The molecule has 0 radical (unpaired) electrons. The van der Waals surface area contributed by atoms with Crippen LogP contribution in [0.15, 0.2) is 29.8 Å². The molecule has 0 amide bonds. The molecule has 33 heavy (non-hydrogen) atoms. The van der Waals surface area contributed by atoms with Gasteiger partial charge in [0.1, 0.15) is 0 Å². The fourth-order valence-corrected chi connectivity index (χ4v) is 7.69. The molecule has 2 aromatic carbocycles. The molecule has 1 N–H and O–H groups in total. The second-order valence-corrected chi connectivity index (χ2v) is 10.5. The van der Waals surface area contributed by atoms with E-state index >= 15 is 0 Å². The molecule has 0 unspecified atom stereocenters. The lowest BCUT2D eigenvalue weighted by atomic mass is 9.71. The van der Waals surface area contributed by atoms with Gasteiger partial charge in [0.05, 0.1) is 31.8 Å². The summed E-state index contributed by atoms with van der Waals surface area (Å²) in [6.45, 7) is 0.153. The maximum atomic E-state index is 12.8. The molecule has 2 aromatic rings. The summed E-state index contributed by atoms with van der Waals surface area (Å²) in [6, 6.07) is 7.54. The lowest BCUT2D eigenvalue weighted by Crippen LogP contribution is -2.31. The summed E-state index contributed by atoms with van der Waals surface area (Å²) in [5.74, 6) is 2.66. The van der Waals surface area contributed by atoms with E-state index in [0.29, 0.717) is 28.7 Å². The van der Waals surface area contributed by atoms with Crippen LogP contribution < -0.4 is 23.7 Å². The van der Waals surface area contributed by atoms with Crippen molar-refractivity contribution >= 4 is 35.6 Å². The zero-order valence-electron chi connectivity index (χ0n) is 18.5. The molecule has 1 fully saturated rings. The van der Waals surface area contributed by atoms with Crippen molar-refractivity contribution in [2.75, 3.05) is 39.6 Å². The van der Waals surface area contributed by atoms with E-state index in [9.17, 15) is 9.90 Å². The normalized spacial score (nSPS) is 21.4. The third kappa shape index (κ3) is 3.77. The largest absolute Gasteiger partial charge is 0.493 e. The number of carbonyl (C=O) groups is 1. The minimum atomic E-state index is -0.864. The van der Waals surface area contributed by atoms with E-state index in [-0.39, 0.29) is 11.4 Å². The van der Waals surface area contributed by atoms with Gasteiger partial charge in [0.2, 0.25) is 12.5 Å². The summed E-state index contributed by atoms with van der Waals surface area (Å²) in [7, 11) is 4.66. The second kappa shape index (κ2) is 8.95. The van der Waals surface area contributed by atoms with Crippen molar-refractivity contribution in [3.63, 3.8) is 0 Å². The SMILES string of the molecule is COc1cc([C@@H]2c3cc4c(cc3C=C(C3SCCS3)[C@H]2C(=O)O)OCO4)cc(OC)c1OC. The predicted molar refractivity (Wildman–Crippen MR) is 128 cm³/mol. The molecule has 9 heteroatoms. The number of aliphatic carboxylic acids is 1. The molecular formula is C24H24O7S2. The fourth-order valence-electron chi connectivity index (χ4n) is 4.71. The molecule has 0 bridgehead atoms. The summed E-state index contributed by atoms with van der Waals surface area (Å²) in [6.07, 6.45) is 2.03. The number of carboxylic acid groups (broad SMARTS) is 1. The lowest BCUT2D eigenvalue weighted by molar-refractivity contribution is -0.140. The van der Waals surface area contributed by atoms with Gasteiger partial charge in [0.15, 0.2) is 23.0 Å². The van der Waals surface area contributed by atoms with Crippen LogP contribution in [0.2, 0.25) is 0 Å². The van der Waals surface area contributed by atoms with E-state index in [4.69, 9.17) is 23.7 Å². The van der Waals surface area contributed by atoms with Gasteiger partial charge in [0, 0.05) is 17.4 Å². The molecule has 1 saturated heterocycles. The summed E-state index contributed by atoms with van der Waals surface area (Å²) in [5, 5.41) is 10.5. The number of thioether (sulfide) groups is 2. The van der Waals surface area contributed by atoms with Crippen molar-refractivity contribution in [3.8, 4) is 28.7 Å². The van der Waals surface area contributed by atoms with Gasteiger partial charge in [-0.05, 0) is 46.5 Å². The van der Waals surface area contributed by atoms with Crippen LogP contribution in [0, 0.1) is 5.92 Å². The van der Waals surface area contributed by atoms with E-state index in [1.54, 1.807) is 44.9 Å². The molecule has 174 valence electrons. The Hall–Kier alpha value is -2.65. The van der Waals surface area contributed by atoms with Gasteiger partial charge in [0.25, 0.3) is 0 Å². The number of hydrogen-bond donors (Lipinski definition) is 1. The van der Waals surface area contributed by atoms with Crippen LogP contribution in [0.3, 0.4) is 0 Å². The molecule has 2 aliphatic heterocycles. The van der Waals surface area contributed by atoms with Gasteiger partial charge in [-0.15, -0.1) is 23.5 Å². The first-order valence-electron chi connectivity index (χ1n) is 10.5. The monoisotopic (exact) mass is 488 g/mol. The molecule has 0 spiro atoms. The standard InChI is InChI=1S/C24H24O7S2/c1-27-18-8-13(9-19(28-2)22(18)29-3)20-14-10-17-16(30-11-31-17)7-12(14)6-15(21(20)23(25)26)24-32-4-5-33-24/h6-10,20-21,24H,4-5,11H2,1-3H3,(H,25,26)/t20-,21-/m1/s1. The van der Waals surface area contributed by atoms with Crippen molar-refractivity contribution in [2.24, 2.45) is 5.92 Å². The molecule has 5 rings (SSSR count). The Morgan fingerprint density at radius 1 is 0.970 bits per heavy atom. The number of rotatable bonds is 6. The number of ether oxygens (including phenoxy) is 5. The van der Waals surface area contributed by atoms with Crippen molar-refractivity contribution < 1.29 is 33.6 Å². The molecule has 0 aromatic heterocycles. The molecule has 2 atom stereocenters. The minimum absolute atomic E-state index is 0.0919. The van der Waals surface area contributed by atoms with E-state index in [0.717, 1.165) is 33.8 Å². The molecule has 2 heterocycles. The Bertz CT molecular complexity index is 1100. The number of benzene rings is 2. The van der Waals surface area contributed by atoms with Crippen LogP contribution in [0.4, 0.5) is 0 Å². The average molecular weight is 489 g/mol. The Morgan fingerprint density at radius 2 is 1.61 bits per heavy atom. The van der Waals surface area contributed by atoms with Gasteiger partial charge >= 0.3 is 5.97 Å². The van der Waals surface area contributed by atoms with Gasteiger partial charge < -0.3 is 28.8 Å². The van der Waals surface area contributed by atoms with Crippen molar-refractivity contribution in [2.45, 2.75) is 10.5 Å². The van der Waals surface area contributed by atoms with Crippen molar-refractivity contribution in [1.29, 1.82) is 0 Å². The van der Waals surface area contributed by atoms with E-state index < -0.39 is 17.8 Å². The molecule has 3 aliphatic rings. The van der Waals surface area contributed by atoms with Crippen LogP contribution in [-0.2, 0) is 4.79 Å². The smallest absolute Gasteiger partial charge is 0.311 e. The maximum Gasteiger partial charge on any atom is 0.311 e. The Morgan fingerprint density at radius 3 is 2.18 bits per heavy atom. The fraction of sp³-hybridized carbons (Fsp3) is 0.375. The van der Waals surface area contributed by atoms with Crippen LogP contribution in [0.5, 0.6) is 28.7 Å².